The summed E-state index contributed by atoms with van der Waals surface area (Å²) in [7, 11) is 0. The van der Waals surface area contributed by atoms with Gasteiger partial charge in [-0.15, -0.1) is 11.3 Å². The number of furan rings is 1. The molecule has 43 heavy (non-hydrogen) atoms. The summed E-state index contributed by atoms with van der Waals surface area (Å²) in [6.07, 6.45) is 0. The maximum absolute atomic E-state index is 6.13. The van der Waals surface area contributed by atoms with Crippen molar-refractivity contribution in [3.8, 4) is 17.2 Å². The van der Waals surface area contributed by atoms with Crippen molar-refractivity contribution in [3.05, 3.63) is 127 Å². The van der Waals surface area contributed by atoms with E-state index in [2.05, 4.69) is 108 Å². The molecule has 4 nitrogen and oxygen atoms in total. The third-order valence-electron chi connectivity index (χ3n) is 8.59. The first-order valence-electron chi connectivity index (χ1n) is 14.3. The number of rotatable bonds is 2. The normalized spacial score (nSPS) is 12.2. The Balaban J connectivity index is 1.35. The number of hydrogen-bond donors (Lipinski definition) is 0. The van der Waals surface area contributed by atoms with E-state index in [-0.39, 0.29) is 0 Å². The van der Waals surface area contributed by atoms with Crippen LogP contribution in [0.4, 0.5) is 0 Å². The third kappa shape index (κ3) is 3.25. The molecule has 0 bridgehead atoms. The molecule has 0 spiro atoms. The molecule has 0 atom stereocenters. The lowest BCUT2D eigenvalue weighted by molar-refractivity contribution is 0.669. The van der Waals surface area contributed by atoms with E-state index >= 15 is 0 Å². The molecule has 200 valence electrons. The Morgan fingerprint density at radius 2 is 1.26 bits per heavy atom. The minimum Gasteiger partial charge on any atom is -0.456 e. The second-order valence-electron chi connectivity index (χ2n) is 11.0. The Hall–Kier alpha value is -5.52. The van der Waals surface area contributed by atoms with Gasteiger partial charge in [-0.2, -0.15) is 0 Å². The Kier molecular flexibility index (Phi) is 4.57. The fourth-order valence-electron chi connectivity index (χ4n) is 6.61. The van der Waals surface area contributed by atoms with Crippen LogP contribution in [0.3, 0.4) is 0 Å². The molecule has 10 rings (SSSR count). The van der Waals surface area contributed by atoms with E-state index in [1.54, 1.807) is 11.3 Å². The number of thiophene rings is 1. The van der Waals surface area contributed by atoms with Crippen LogP contribution in [0.15, 0.2) is 132 Å². The summed E-state index contributed by atoms with van der Waals surface area (Å²) >= 11 is 1.76. The number of aromatic nitrogens is 3. The molecule has 0 aliphatic rings. The highest BCUT2D eigenvalue weighted by molar-refractivity contribution is 7.26. The van der Waals surface area contributed by atoms with E-state index in [1.165, 1.54) is 26.2 Å². The zero-order chi connectivity index (χ0) is 28.1. The maximum atomic E-state index is 6.13. The van der Waals surface area contributed by atoms with Crippen LogP contribution < -0.4 is 0 Å². The smallest absolute Gasteiger partial charge is 0.162 e. The average Bonchev–Trinajstić information content (AvgIpc) is 3.72. The molecule has 0 unspecified atom stereocenters. The van der Waals surface area contributed by atoms with Gasteiger partial charge in [0.15, 0.2) is 11.6 Å². The summed E-state index contributed by atoms with van der Waals surface area (Å²) in [6, 6.07) is 44.8. The summed E-state index contributed by atoms with van der Waals surface area (Å²) in [4.78, 5) is 10.6. The van der Waals surface area contributed by atoms with Gasteiger partial charge in [0, 0.05) is 37.2 Å². The zero-order valence-electron chi connectivity index (χ0n) is 22.8. The highest BCUT2D eigenvalue weighted by atomic mass is 32.1. The molecule has 6 aromatic carbocycles. The fourth-order valence-corrected chi connectivity index (χ4v) is 7.73. The van der Waals surface area contributed by atoms with Crippen molar-refractivity contribution in [2.24, 2.45) is 0 Å². The molecular formula is C38H21N3OS. The Morgan fingerprint density at radius 3 is 2.16 bits per heavy atom. The monoisotopic (exact) mass is 567 g/mol. The van der Waals surface area contributed by atoms with Crippen molar-refractivity contribution in [2.45, 2.75) is 0 Å². The lowest BCUT2D eigenvalue weighted by atomic mass is 10.1. The second-order valence-corrected chi connectivity index (χ2v) is 12.1. The van der Waals surface area contributed by atoms with Crippen LogP contribution >= 0.6 is 11.3 Å². The standard InChI is InChI=1S/C38H21N3OS/c1-2-10-23-21-31-28(19-22(23)9-1)25-11-3-6-14-30(25)41(31)38-36-35(27-13-5-8-16-34(27)43-36)39-37(40-38)24-17-18-33-29(20-24)26-12-4-7-15-32(26)42-33/h1-21H. The average molecular weight is 568 g/mol. The minimum atomic E-state index is 0.699. The molecule has 0 fully saturated rings. The predicted octanol–water partition coefficient (Wildman–Crippen LogP) is 10.7. The van der Waals surface area contributed by atoms with Gasteiger partial charge >= 0.3 is 0 Å². The highest BCUT2D eigenvalue weighted by Crippen LogP contribution is 2.41. The number of benzene rings is 6. The summed E-state index contributed by atoms with van der Waals surface area (Å²) in [5.74, 6) is 1.60. The quantitative estimate of drug-likeness (QED) is 0.209. The van der Waals surface area contributed by atoms with Crippen LogP contribution in [0, 0.1) is 0 Å². The van der Waals surface area contributed by atoms with E-state index in [1.807, 2.05) is 24.3 Å². The molecule has 10 aromatic rings. The molecule has 0 saturated carbocycles. The lowest BCUT2D eigenvalue weighted by Crippen LogP contribution is -2.01. The van der Waals surface area contributed by atoms with Crippen molar-refractivity contribution in [1.82, 2.24) is 14.5 Å². The summed E-state index contributed by atoms with van der Waals surface area (Å²) in [5, 5.41) is 8.17. The van der Waals surface area contributed by atoms with Crippen LogP contribution in [0.5, 0.6) is 0 Å². The lowest BCUT2D eigenvalue weighted by Gasteiger charge is -2.11. The number of hydrogen-bond acceptors (Lipinski definition) is 4. The van der Waals surface area contributed by atoms with Gasteiger partial charge in [0.05, 0.1) is 21.3 Å². The minimum absolute atomic E-state index is 0.699. The van der Waals surface area contributed by atoms with Gasteiger partial charge in [-0.3, -0.25) is 4.57 Å². The summed E-state index contributed by atoms with van der Waals surface area (Å²) in [5.41, 5.74) is 5.95. The Labute approximate surface area is 249 Å². The van der Waals surface area contributed by atoms with Gasteiger partial charge < -0.3 is 4.42 Å². The van der Waals surface area contributed by atoms with E-state index < -0.39 is 0 Å². The highest BCUT2D eigenvalue weighted by Gasteiger charge is 2.21. The molecule has 0 aliphatic carbocycles. The fraction of sp³-hybridized carbons (Fsp3) is 0. The van der Waals surface area contributed by atoms with E-state index in [9.17, 15) is 0 Å². The van der Waals surface area contributed by atoms with Crippen molar-refractivity contribution in [1.29, 1.82) is 0 Å². The molecule has 4 aromatic heterocycles. The molecule has 0 saturated heterocycles. The summed E-state index contributed by atoms with van der Waals surface area (Å²) < 4.78 is 10.7. The van der Waals surface area contributed by atoms with Crippen molar-refractivity contribution < 1.29 is 4.42 Å². The van der Waals surface area contributed by atoms with Gasteiger partial charge in [-0.25, -0.2) is 9.97 Å². The van der Waals surface area contributed by atoms with Crippen LogP contribution in [0.1, 0.15) is 0 Å². The molecule has 0 aliphatic heterocycles. The van der Waals surface area contributed by atoms with E-state index in [0.717, 1.165) is 60.0 Å². The Morgan fingerprint density at radius 1 is 0.535 bits per heavy atom. The topological polar surface area (TPSA) is 43.9 Å². The largest absolute Gasteiger partial charge is 0.456 e. The first-order chi connectivity index (χ1) is 21.3. The van der Waals surface area contributed by atoms with Crippen molar-refractivity contribution >= 4 is 86.2 Å². The van der Waals surface area contributed by atoms with E-state index in [4.69, 9.17) is 14.4 Å². The molecular weight excluding hydrogens is 547 g/mol. The first-order valence-corrected chi connectivity index (χ1v) is 15.2. The Bertz CT molecular complexity index is 2750. The van der Waals surface area contributed by atoms with Gasteiger partial charge in [-0.1, -0.05) is 78.9 Å². The predicted molar refractivity (Wildman–Crippen MR) is 179 cm³/mol. The second kappa shape index (κ2) is 8.51. The number of fused-ring (bicyclic) bond motifs is 10. The maximum Gasteiger partial charge on any atom is 0.162 e. The van der Waals surface area contributed by atoms with E-state index in [0.29, 0.717) is 5.82 Å². The zero-order valence-corrected chi connectivity index (χ0v) is 23.6. The van der Waals surface area contributed by atoms with Crippen LogP contribution in [-0.4, -0.2) is 14.5 Å². The summed E-state index contributed by atoms with van der Waals surface area (Å²) in [6.45, 7) is 0. The van der Waals surface area contributed by atoms with Crippen LogP contribution in [0.25, 0.3) is 92.0 Å². The van der Waals surface area contributed by atoms with Crippen molar-refractivity contribution in [3.63, 3.8) is 0 Å². The SMILES string of the molecule is c1ccc2cc3c(cc2c1)c1ccccc1n3-c1nc(-c2ccc3oc4ccccc4c3c2)nc2c1sc1ccccc12. The molecule has 5 heteroatoms. The number of nitrogens with zero attached hydrogens (tertiary/aromatic N) is 3. The van der Waals surface area contributed by atoms with Crippen molar-refractivity contribution in [2.75, 3.05) is 0 Å². The van der Waals surface area contributed by atoms with Gasteiger partial charge in [0.1, 0.15) is 11.2 Å². The van der Waals surface area contributed by atoms with Gasteiger partial charge in [-0.05, 0) is 59.3 Å². The van der Waals surface area contributed by atoms with Gasteiger partial charge in [0.2, 0.25) is 0 Å². The first kappa shape index (κ1) is 23.1. The van der Waals surface area contributed by atoms with Crippen LogP contribution in [0.2, 0.25) is 0 Å². The molecule has 4 heterocycles. The molecule has 0 amide bonds. The van der Waals surface area contributed by atoms with Gasteiger partial charge in [0.25, 0.3) is 0 Å². The van der Waals surface area contributed by atoms with Crippen LogP contribution in [-0.2, 0) is 0 Å². The number of para-hydroxylation sites is 2. The third-order valence-corrected chi connectivity index (χ3v) is 9.74. The molecule has 0 radical (unpaired) electrons. The molecule has 0 N–H and O–H groups in total.